The van der Waals surface area contributed by atoms with Gasteiger partial charge < -0.3 is 9.47 Å². The highest BCUT2D eigenvalue weighted by Gasteiger charge is 2.36. The second kappa shape index (κ2) is 13.7. The van der Waals surface area contributed by atoms with E-state index in [0.717, 1.165) is 22.7 Å². The van der Waals surface area contributed by atoms with E-state index in [1.54, 1.807) is 0 Å². The average molecular weight is 779 g/mol. The first kappa shape index (κ1) is 35.3. The number of fused-ring (bicyclic) bond motifs is 8. The van der Waals surface area contributed by atoms with E-state index in [1.807, 2.05) is 0 Å². The molecule has 61 heavy (non-hydrogen) atoms. The van der Waals surface area contributed by atoms with Crippen LogP contribution in [0.5, 0.6) is 0 Å². The van der Waals surface area contributed by atoms with Crippen LogP contribution in [0.3, 0.4) is 0 Å². The van der Waals surface area contributed by atoms with Gasteiger partial charge in [0.15, 0.2) is 0 Å². The Bertz CT molecular complexity index is 3430. The highest BCUT2D eigenvalue weighted by atomic mass is 15.1. The number of hydrogen-bond donors (Lipinski definition) is 0. The van der Waals surface area contributed by atoms with Gasteiger partial charge in [0.25, 0.3) is 0 Å². The molecule has 12 rings (SSSR count). The van der Waals surface area contributed by atoms with Crippen molar-refractivity contribution in [2.75, 3.05) is 4.90 Å². The predicted molar refractivity (Wildman–Crippen MR) is 259 cm³/mol. The lowest BCUT2D eigenvalue weighted by atomic mass is 9.82. The van der Waals surface area contributed by atoms with Crippen molar-refractivity contribution in [3.63, 3.8) is 0 Å². The zero-order valence-electron chi connectivity index (χ0n) is 34.2. The number of benzene rings is 10. The maximum atomic E-state index is 2.45. The van der Waals surface area contributed by atoms with Crippen molar-refractivity contribution in [2.24, 2.45) is 0 Å². The molecule has 2 heteroatoms. The summed E-state index contributed by atoms with van der Waals surface area (Å²) < 4.78 is 2.39. The van der Waals surface area contributed by atoms with E-state index in [4.69, 9.17) is 0 Å². The van der Waals surface area contributed by atoms with E-state index in [9.17, 15) is 0 Å². The lowest BCUT2D eigenvalue weighted by molar-refractivity contribution is 0.660. The molecule has 1 aliphatic rings. The third kappa shape index (κ3) is 5.42. The Morgan fingerprint density at radius 3 is 1.49 bits per heavy atom. The molecule has 10 aromatic carbocycles. The summed E-state index contributed by atoms with van der Waals surface area (Å²) in [4.78, 5) is 2.45. The molecule has 0 N–H and O–H groups in total. The SMILES string of the molecule is CC1(C)c2ccccc2-c2ccc(N(c3ccc(-c4c5ccccc5c(-c5ccccc5)c5ccccc45)cc3)c3ccc4c(c3)c3ccccc3n4-c3ccccc3)cc21. The first-order valence-corrected chi connectivity index (χ1v) is 21.3. The minimum atomic E-state index is -0.126. The molecule has 0 bridgehead atoms. The smallest absolute Gasteiger partial charge is 0.0542 e. The second-order valence-electron chi connectivity index (χ2n) is 16.9. The number of aromatic nitrogens is 1. The molecule has 1 aromatic heterocycles. The molecule has 1 aliphatic carbocycles. The molecule has 0 aliphatic heterocycles. The average Bonchev–Trinajstić information content (AvgIpc) is 3.77. The Morgan fingerprint density at radius 2 is 0.820 bits per heavy atom. The van der Waals surface area contributed by atoms with Crippen molar-refractivity contribution in [1.29, 1.82) is 0 Å². The fraction of sp³-hybridized carbons (Fsp3) is 0.0508. The number of rotatable bonds is 6. The van der Waals surface area contributed by atoms with Crippen molar-refractivity contribution >= 4 is 60.4 Å². The van der Waals surface area contributed by atoms with E-state index >= 15 is 0 Å². The van der Waals surface area contributed by atoms with Crippen LogP contribution in [0.1, 0.15) is 25.0 Å². The van der Waals surface area contributed by atoms with Gasteiger partial charge >= 0.3 is 0 Å². The number of anilines is 3. The summed E-state index contributed by atoms with van der Waals surface area (Å²) in [5.74, 6) is 0. The Labute approximate surface area is 356 Å². The maximum Gasteiger partial charge on any atom is 0.0542 e. The second-order valence-corrected chi connectivity index (χ2v) is 16.9. The summed E-state index contributed by atoms with van der Waals surface area (Å²) in [6.07, 6.45) is 0. The van der Waals surface area contributed by atoms with Crippen LogP contribution in [0, 0.1) is 0 Å². The standard InChI is InChI=1S/C59H42N2/c1-59(2)53-27-15-13-21-45(53)46-35-33-44(38-54(46)59)60(43-34-36-56-52(37-43)47-22-14-16-28-55(47)61(56)41-19-7-4-8-20-41)42-31-29-40(30-32-42)58-50-25-11-9-23-48(50)57(39-17-5-3-6-18-39)49-24-10-12-26-51(49)58/h3-38H,1-2H3. The van der Waals surface area contributed by atoms with Crippen LogP contribution in [0.2, 0.25) is 0 Å². The van der Waals surface area contributed by atoms with Gasteiger partial charge in [0, 0.05) is 38.9 Å². The van der Waals surface area contributed by atoms with Gasteiger partial charge in [-0.3, -0.25) is 0 Å². The minimum Gasteiger partial charge on any atom is -0.310 e. The van der Waals surface area contributed by atoms with E-state index in [0.29, 0.717) is 0 Å². The van der Waals surface area contributed by atoms with Gasteiger partial charge in [0.2, 0.25) is 0 Å². The molecule has 0 fully saturated rings. The third-order valence-electron chi connectivity index (χ3n) is 13.2. The van der Waals surface area contributed by atoms with E-state index in [2.05, 4.69) is 242 Å². The van der Waals surface area contributed by atoms with Gasteiger partial charge in [-0.2, -0.15) is 0 Å². The molecular weight excluding hydrogens is 737 g/mol. The van der Waals surface area contributed by atoms with Crippen molar-refractivity contribution in [2.45, 2.75) is 19.3 Å². The van der Waals surface area contributed by atoms with Crippen molar-refractivity contribution in [1.82, 2.24) is 4.57 Å². The largest absolute Gasteiger partial charge is 0.310 e. The Morgan fingerprint density at radius 1 is 0.344 bits per heavy atom. The van der Waals surface area contributed by atoms with Crippen LogP contribution < -0.4 is 4.90 Å². The first-order chi connectivity index (χ1) is 30.0. The number of hydrogen-bond acceptors (Lipinski definition) is 1. The Kier molecular flexibility index (Phi) is 7.92. The van der Waals surface area contributed by atoms with Crippen LogP contribution in [0.4, 0.5) is 17.1 Å². The van der Waals surface area contributed by atoms with Crippen molar-refractivity contribution < 1.29 is 0 Å². The number of nitrogens with zero attached hydrogens (tertiary/aromatic N) is 2. The monoisotopic (exact) mass is 778 g/mol. The molecule has 0 unspecified atom stereocenters. The van der Waals surface area contributed by atoms with Crippen molar-refractivity contribution in [3.05, 3.63) is 230 Å². The van der Waals surface area contributed by atoms with E-state index < -0.39 is 0 Å². The van der Waals surface area contributed by atoms with Crippen LogP contribution in [-0.4, -0.2) is 4.57 Å². The minimum absolute atomic E-state index is 0.126. The molecular formula is C59H42N2. The summed E-state index contributed by atoms with van der Waals surface area (Å²) in [5, 5.41) is 7.50. The third-order valence-corrected chi connectivity index (χ3v) is 13.2. The molecule has 11 aromatic rings. The highest BCUT2D eigenvalue weighted by molar-refractivity contribution is 6.21. The Hall–Kier alpha value is -7.68. The molecule has 0 radical (unpaired) electrons. The van der Waals surface area contributed by atoms with Crippen LogP contribution >= 0.6 is 0 Å². The predicted octanol–water partition coefficient (Wildman–Crippen LogP) is 16.2. The molecule has 0 atom stereocenters. The summed E-state index contributed by atoms with van der Waals surface area (Å²) in [7, 11) is 0. The lowest BCUT2D eigenvalue weighted by Crippen LogP contribution is -2.16. The topological polar surface area (TPSA) is 8.17 Å². The van der Waals surface area contributed by atoms with Crippen LogP contribution in [0.25, 0.3) is 82.4 Å². The molecule has 0 saturated heterocycles. The lowest BCUT2D eigenvalue weighted by Gasteiger charge is -2.28. The summed E-state index contributed by atoms with van der Waals surface area (Å²) in [6, 6.07) is 80.4. The molecule has 1 heterocycles. The van der Waals surface area contributed by atoms with E-state index in [1.165, 1.54) is 87.9 Å². The zero-order chi connectivity index (χ0) is 40.7. The summed E-state index contributed by atoms with van der Waals surface area (Å²) in [5.41, 5.74) is 17.1. The number of para-hydroxylation sites is 2. The maximum absolute atomic E-state index is 2.45. The molecule has 0 saturated carbocycles. The van der Waals surface area contributed by atoms with Gasteiger partial charge in [-0.05, 0) is 127 Å². The quantitative estimate of drug-likeness (QED) is 0.153. The Balaban J connectivity index is 1.06. The van der Waals surface area contributed by atoms with Gasteiger partial charge in [0.05, 0.1) is 11.0 Å². The normalized spacial score (nSPS) is 12.9. The van der Waals surface area contributed by atoms with Gasteiger partial charge in [-0.1, -0.05) is 172 Å². The fourth-order valence-corrected chi connectivity index (χ4v) is 10.4. The van der Waals surface area contributed by atoms with Gasteiger partial charge in [-0.25, -0.2) is 0 Å². The molecule has 0 spiro atoms. The van der Waals surface area contributed by atoms with Gasteiger partial charge in [-0.15, -0.1) is 0 Å². The first-order valence-electron chi connectivity index (χ1n) is 21.3. The van der Waals surface area contributed by atoms with Crippen LogP contribution in [0.15, 0.2) is 218 Å². The van der Waals surface area contributed by atoms with Crippen molar-refractivity contribution in [3.8, 4) is 39.1 Å². The summed E-state index contributed by atoms with van der Waals surface area (Å²) in [6.45, 7) is 4.73. The van der Waals surface area contributed by atoms with Crippen LogP contribution in [-0.2, 0) is 5.41 Å². The fourth-order valence-electron chi connectivity index (χ4n) is 10.4. The van der Waals surface area contributed by atoms with E-state index in [-0.39, 0.29) is 5.41 Å². The highest BCUT2D eigenvalue weighted by Crippen LogP contribution is 2.51. The summed E-state index contributed by atoms with van der Waals surface area (Å²) >= 11 is 0. The molecule has 0 amide bonds. The zero-order valence-corrected chi connectivity index (χ0v) is 34.2. The molecule has 288 valence electrons. The molecule has 2 nitrogen and oxygen atoms in total. The van der Waals surface area contributed by atoms with Gasteiger partial charge in [0.1, 0.15) is 0 Å².